The molecule has 31 heavy (non-hydrogen) atoms. The lowest BCUT2D eigenvalue weighted by atomic mass is 9.91. The van der Waals surface area contributed by atoms with Crippen molar-refractivity contribution in [3.05, 3.63) is 120 Å². The third-order valence-corrected chi connectivity index (χ3v) is 4.83. The largest absolute Gasteiger partial charge is 0.455 e. The molecule has 0 saturated heterocycles. The van der Waals surface area contributed by atoms with Crippen molar-refractivity contribution in [1.82, 2.24) is 5.43 Å². The zero-order valence-electron chi connectivity index (χ0n) is 16.6. The predicted molar refractivity (Wildman–Crippen MR) is 119 cm³/mol. The van der Waals surface area contributed by atoms with Gasteiger partial charge in [-0.15, -0.1) is 0 Å². The smallest absolute Gasteiger partial charge is 0.252 e. The van der Waals surface area contributed by atoms with Crippen molar-refractivity contribution in [1.29, 1.82) is 5.26 Å². The highest BCUT2D eigenvalue weighted by Gasteiger charge is 2.22. The molecule has 5 nitrogen and oxygen atoms in total. The van der Waals surface area contributed by atoms with E-state index in [9.17, 15) is 10.1 Å². The second kappa shape index (κ2) is 9.38. The third-order valence-electron chi connectivity index (χ3n) is 4.83. The monoisotopic (exact) mass is 405 g/mol. The highest BCUT2D eigenvalue weighted by atomic mass is 16.3. The van der Waals surface area contributed by atoms with Crippen LogP contribution < -0.4 is 5.43 Å². The Kier molecular flexibility index (Phi) is 6.01. The number of carbonyl (C=O) groups is 1. The summed E-state index contributed by atoms with van der Waals surface area (Å²) in [6.45, 7) is 0. The van der Waals surface area contributed by atoms with Crippen LogP contribution >= 0.6 is 0 Å². The van der Waals surface area contributed by atoms with E-state index in [1.165, 1.54) is 6.21 Å². The number of nitriles is 1. The first-order valence-electron chi connectivity index (χ1n) is 9.78. The van der Waals surface area contributed by atoms with Gasteiger partial charge < -0.3 is 4.42 Å². The molecule has 0 bridgehead atoms. The van der Waals surface area contributed by atoms with E-state index >= 15 is 0 Å². The molecule has 0 atom stereocenters. The molecule has 1 N–H and O–H groups in total. The Balaban J connectivity index is 1.51. The number of rotatable bonds is 6. The van der Waals surface area contributed by atoms with Crippen LogP contribution in [-0.4, -0.2) is 12.1 Å². The molecule has 4 rings (SSSR count). The van der Waals surface area contributed by atoms with Crippen molar-refractivity contribution < 1.29 is 9.21 Å². The average Bonchev–Trinajstić information content (AvgIpc) is 3.29. The standard InChI is InChI=1S/C26H19N3O2/c27-17-21-13-7-8-14-23(21)24-16-15-22(31-24)18-28-29-26(30)25(19-9-3-1-4-10-19)20-11-5-2-6-12-20/h1-16,18,25H,(H,29,30)/b28-18-. The number of furan rings is 1. The van der Waals surface area contributed by atoms with Crippen LogP contribution in [0.4, 0.5) is 0 Å². The topological polar surface area (TPSA) is 78.4 Å². The predicted octanol–water partition coefficient (Wildman–Crippen LogP) is 5.10. The molecule has 150 valence electrons. The van der Waals surface area contributed by atoms with Gasteiger partial charge in [-0.3, -0.25) is 4.79 Å². The average molecular weight is 405 g/mol. The molecule has 1 amide bonds. The summed E-state index contributed by atoms with van der Waals surface area (Å²) in [5, 5.41) is 13.3. The molecule has 1 aromatic heterocycles. The van der Waals surface area contributed by atoms with Crippen molar-refractivity contribution in [2.75, 3.05) is 0 Å². The van der Waals surface area contributed by atoms with Gasteiger partial charge in [0.15, 0.2) is 0 Å². The highest BCUT2D eigenvalue weighted by Crippen LogP contribution is 2.26. The molecule has 0 aliphatic rings. The van der Waals surface area contributed by atoms with E-state index in [0.717, 1.165) is 11.1 Å². The molecule has 3 aromatic carbocycles. The molecule has 0 radical (unpaired) electrons. The normalized spacial score (nSPS) is 10.8. The highest BCUT2D eigenvalue weighted by molar-refractivity contribution is 5.88. The Morgan fingerprint density at radius 3 is 2.13 bits per heavy atom. The Morgan fingerprint density at radius 2 is 1.48 bits per heavy atom. The van der Waals surface area contributed by atoms with E-state index in [4.69, 9.17) is 4.42 Å². The van der Waals surface area contributed by atoms with Gasteiger partial charge in [-0.25, -0.2) is 5.43 Å². The minimum Gasteiger partial charge on any atom is -0.455 e. The van der Waals surface area contributed by atoms with Gasteiger partial charge in [-0.05, 0) is 35.4 Å². The zero-order valence-corrected chi connectivity index (χ0v) is 16.6. The van der Waals surface area contributed by atoms with E-state index in [0.29, 0.717) is 22.6 Å². The minimum atomic E-state index is -0.478. The van der Waals surface area contributed by atoms with Gasteiger partial charge in [-0.2, -0.15) is 10.4 Å². The molecule has 0 unspecified atom stereocenters. The number of benzene rings is 3. The number of amides is 1. The molecular formula is C26H19N3O2. The van der Waals surface area contributed by atoms with E-state index in [2.05, 4.69) is 16.6 Å². The number of nitrogens with one attached hydrogen (secondary N) is 1. The van der Waals surface area contributed by atoms with Gasteiger partial charge in [-0.1, -0.05) is 72.8 Å². The maximum absolute atomic E-state index is 13.0. The van der Waals surface area contributed by atoms with E-state index < -0.39 is 5.92 Å². The first-order valence-corrected chi connectivity index (χ1v) is 9.78. The third kappa shape index (κ3) is 4.60. The quantitative estimate of drug-likeness (QED) is 0.358. The van der Waals surface area contributed by atoms with Crippen LogP contribution in [0.1, 0.15) is 28.4 Å². The fourth-order valence-corrected chi connectivity index (χ4v) is 3.37. The van der Waals surface area contributed by atoms with Gasteiger partial charge in [0.2, 0.25) is 0 Å². The zero-order chi connectivity index (χ0) is 21.5. The number of hydrogen-bond donors (Lipinski definition) is 1. The first kappa shape index (κ1) is 19.9. The molecule has 0 aliphatic carbocycles. The van der Waals surface area contributed by atoms with Crippen molar-refractivity contribution in [3.63, 3.8) is 0 Å². The molecule has 4 aromatic rings. The van der Waals surface area contributed by atoms with Crippen molar-refractivity contribution in [3.8, 4) is 17.4 Å². The van der Waals surface area contributed by atoms with Gasteiger partial charge in [0.25, 0.3) is 5.91 Å². The molecule has 0 saturated carbocycles. The Labute approximate surface area is 180 Å². The summed E-state index contributed by atoms with van der Waals surface area (Å²) in [5.41, 5.74) is 5.63. The lowest BCUT2D eigenvalue weighted by Gasteiger charge is -2.16. The molecule has 0 spiro atoms. The summed E-state index contributed by atoms with van der Waals surface area (Å²) < 4.78 is 5.77. The van der Waals surface area contributed by atoms with E-state index in [1.807, 2.05) is 72.8 Å². The number of nitrogens with zero attached hydrogens (tertiary/aromatic N) is 2. The fraction of sp³-hybridized carbons (Fsp3) is 0.0385. The number of hydrogen-bond acceptors (Lipinski definition) is 4. The second-order valence-corrected chi connectivity index (χ2v) is 6.85. The Morgan fingerprint density at radius 1 is 0.871 bits per heavy atom. The molecule has 1 heterocycles. The minimum absolute atomic E-state index is 0.241. The first-order chi connectivity index (χ1) is 15.3. The molecule has 0 fully saturated rings. The van der Waals surface area contributed by atoms with Gasteiger partial charge >= 0.3 is 0 Å². The van der Waals surface area contributed by atoms with Crippen molar-refractivity contribution in [2.24, 2.45) is 5.10 Å². The Hall–Kier alpha value is -4.43. The summed E-state index contributed by atoms with van der Waals surface area (Å²) in [6, 6.07) is 32.0. The molecular weight excluding hydrogens is 386 g/mol. The van der Waals surface area contributed by atoms with Gasteiger partial charge in [0.1, 0.15) is 11.5 Å². The maximum atomic E-state index is 13.0. The van der Waals surface area contributed by atoms with E-state index in [1.54, 1.807) is 24.3 Å². The van der Waals surface area contributed by atoms with Crippen LogP contribution in [-0.2, 0) is 4.79 Å². The van der Waals surface area contributed by atoms with Crippen LogP contribution in [0.2, 0.25) is 0 Å². The summed E-state index contributed by atoms with van der Waals surface area (Å²) in [4.78, 5) is 13.0. The lowest BCUT2D eigenvalue weighted by molar-refractivity contribution is -0.121. The second-order valence-electron chi connectivity index (χ2n) is 6.85. The van der Waals surface area contributed by atoms with E-state index in [-0.39, 0.29) is 5.91 Å². The van der Waals surface area contributed by atoms with Gasteiger partial charge in [0, 0.05) is 5.56 Å². The summed E-state index contributed by atoms with van der Waals surface area (Å²) >= 11 is 0. The molecule has 0 aliphatic heterocycles. The Bertz CT molecular complexity index is 1200. The fourth-order valence-electron chi connectivity index (χ4n) is 3.37. The van der Waals surface area contributed by atoms with Crippen LogP contribution in [0.15, 0.2) is 107 Å². The lowest BCUT2D eigenvalue weighted by Crippen LogP contribution is -2.26. The maximum Gasteiger partial charge on any atom is 0.252 e. The summed E-state index contributed by atoms with van der Waals surface area (Å²) in [5.74, 6) is 0.319. The van der Waals surface area contributed by atoms with Crippen LogP contribution in [0.3, 0.4) is 0 Å². The number of carbonyl (C=O) groups excluding carboxylic acids is 1. The van der Waals surface area contributed by atoms with Gasteiger partial charge in [0.05, 0.1) is 23.8 Å². The molecule has 5 heteroatoms. The van der Waals surface area contributed by atoms with Crippen LogP contribution in [0, 0.1) is 11.3 Å². The van der Waals surface area contributed by atoms with Crippen molar-refractivity contribution >= 4 is 12.1 Å². The SMILES string of the molecule is N#Cc1ccccc1-c1ccc(/C=N\NC(=O)C(c2ccccc2)c2ccccc2)o1. The summed E-state index contributed by atoms with van der Waals surface area (Å²) in [6.07, 6.45) is 1.45. The van der Waals surface area contributed by atoms with Crippen molar-refractivity contribution in [2.45, 2.75) is 5.92 Å². The number of hydrazone groups is 1. The van der Waals surface area contributed by atoms with Crippen LogP contribution in [0.5, 0.6) is 0 Å². The van der Waals surface area contributed by atoms with Crippen LogP contribution in [0.25, 0.3) is 11.3 Å². The summed E-state index contributed by atoms with van der Waals surface area (Å²) in [7, 11) is 0.